The molecule has 1 atom stereocenters. The van der Waals surface area contributed by atoms with E-state index in [1.807, 2.05) is 6.92 Å². The number of ether oxygens (including phenoxy) is 2. The number of hydrogen-bond donors (Lipinski definition) is 2. The molecule has 2 aromatic carbocycles. The van der Waals surface area contributed by atoms with Gasteiger partial charge in [-0.3, -0.25) is 9.59 Å². The van der Waals surface area contributed by atoms with Gasteiger partial charge in [0.25, 0.3) is 5.91 Å². The van der Waals surface area contributed by atoms with Gasteiger partial charge in [-0.15, -0.1) is 0 Å². The third-order valence-corrected chi connectivity index (χ3v) is 6.49. The van der Waals surface area contributed by atoms with Crippen molar-refractivity contribution in [2.24, 2.45) is 11.0 Å². The number of hydrazone groups is 1. The summed E-state index contributed by atoms with van der Waals surface area (Å²) in [5.74, 6) is -0.942. The number of hydrogen-bond acceptors (Lipinski definition) is 7. The maximum atomic E-state index is 12.7. The van der Waals surface area contributed by atoms with Gasteiger partial charge in [0.05, 0.1) is 22.7 Å². The first-order valence-electron chi connectivity index (χ1n) is 9.92. The van der Waals surface area contributed by atoms with Crippen LogP contribution < -0.4 is 19.6 Å². The van der Waals surface area contributed by atoms with Crippen LogP contribution in [0.5, 0.6) is 11.5 Å². The molecule has 0 fully saturated rings. The SMILES string of the molecule is COc1cc(/C=N\NC(=O)[C@H](NS(=O)(=O)c2ccc(C)cc2)C(C)C)cc(Br)c1OC(C)=O. The van der Waals surface area contributed by atoms with E-state index in [1.54, 1.807) is 38.1 Å². The third kappa shape index (κ3) is 7.37. The second kappa shape index (κ2) is 11.4. The number of amides is 1. The molecule has 0 bridgehead atoms. The molecule has 0 saturated carbocycles. The predicted octanol–water partition coefficient (Wildman–Crippen LogP) is 3.14. The highest BCUT2D eigenvalue weighted by Crippen LogP contribution is 2.36. The summed E-state index contributed by atoms with van der Waals surface area (Å²) in [5.41, 5.74) is 3.82. The summed E-state index contributed by atoms with van der Waals surface area (Å²) in [5, 5.41) is 3.92. The summed E-state index contributed by atoms with van der Waals surface area (Å²) < 4.78 is 38.6. The van der Waals surface area contributed by atoms with Crippen molar-refractivity contribution in [3.8, 4) is 11.5 Å². The molecular formula is C22H26BrN3O6S. The summed E-state index contributed by atoms with van der Waals surface area (Å²) in [4.78, 5) is 24.0. The Balaban J connectivity index is 2.16. The first-order chi connectivity index (χ1) is 15.4. The van der Waals surface area contributed by atoms with Gasteiger partial charge in [-0.2, -0.15) is 9.82 Å². The van der Waals surface area contributed by atoms with Crippen LogP contribution >= 0.6 is 15.9 Å². The number of sulfonamides is 1. The quantitative estimate of drug-likeness (QED) is 0.218. The number of nitrogens with one attached hydrogen (secondary N) is 2. The van der Waals surface area contributed by atoms with Crippen molar-refractivity contribution in [2.75, 3.05) is 7.11 Å². The average Bonchev–Trinajstić information content (AvgIpc) is 2.73. The van der Waals surface area contributed by atoms with Crippen LogP contribution in [0.4, 0.5) is 0 Å². The van der Waals surface area contributed by atoms with E-state index in [9.17, 15) is 18.0 Å². The van der Waals surface area contributed by atoms with E-state index in [-0.39, 0.29) is 16.6 Å². The van der Waals surface area contributed by atoms with Crippen molar-refractivity contribution < 1.29 is 27.5 Å². The number of esters is 1. The first-order valence-corrected chi connectivity index (χ1v) is 12.2. The largest absolute Gasteiger partial charge is 0.493 e. The van der Waals surface area contributed by atoms with Gasteiger partial charge >= 0.3 is 5.97 Å². The van der Waals surface area contributed by atoms with Crippen molar-refractivity contribution in [1.29, 1.82) is 0 Å². The molecule has 9 nitrogen and oxygen atoms in total. The van der Waals surface area contributed by atoms with Gasteiger partial charge in [0.15, 0.2) is 11.5 Å². The topological polar surface area (TPSA) is 123 Å². The van der Waals surface area contributed by atoms with Crippen LogP contribution in [0.1, 0.15) is 31.9 Å². The fourth-order valence-corrected chi connectivity index (χ4v) is 4.63. The first kappa shape index (κ1) is 26.5. The molecule has 0 aliphatic rings. The zero-order valence-electron chi connectivity index (χ0n) is 18.9. The Morgan fingerprint density at radius 2 is 1.79 bits per heavy atom. The molecule has 1 amide bonds. The number of aryl methyl sites for hydroxylation is 1. The number of halogens is 1. The van der Waals surface area contributed by atoms with E-state index in [0.29, 0.717) is 15.8 Å². The molecule has 0 radical (unpaired) electrons. The third-order valence-electron chi connectivity index (χ3n) is 4.45. The highest BCUT2D eigenvalue weighted by atomic mass is 79.9. The van der Waals surface area contributed by atoms with Crippen LogP contribution in [0.3, 0.4) is 0 Å². The highest BCUT2D eigenvalue weighted by molar-refractivity contribution is 9.10. The Morgan fingerprint density at radius 1 is 1.15 bits per heavy atom. The van der Waals surface area contributed by atoms with Crippen LogP contribution in [0, 0.1) is 12.8 Å². The molecule has 33 heavy (non-hydrogen) atoms. The molecule has 0 saturated heterocycles. The molecule has 2 N–H and O–H groups in total. The Morgan fingerprint density at radius 3 is 2.33 bits per heavy atom. The molecule has 11 heteroatoms. The Kier molecular flexibility index (Phi) is 9.15. The minimum Gasteiger partial charge on any atom is -0.493 e. The minimum atomic E-state index is -3.90. The van der Waals surface area contributed by atoms with E-state index in [2.05, 4.69) is 31.2 Å². The molecule has 0 heterocycles. The van der Waals surface area contributed by atoms with E-state index in [4.69, 9.17) is 9.47 Å². The lowest BCUT2D eigenvalue weighted by atomic mass is 10.1. The second-order valence-corrected chi connectivity index (χ2v) is 10.1. The van der Waals surface area contributed by atoms with Crippen molar-refractivity contribution in [3.63, 3.8) is 0 Å². The van der Waals surface area contributed by atoms with E-state index in [1.165, 1.54) is 32.4 Å². The van der Waals surface area contributed by atoms with E-state index in [0.717, 1.165) is 5.56 Å². The molecule has 0 spiro atoms. The van der Waals surface area contributed by atoms with Gasteiger partial charge in [-0.25, -0.2) is 13.8 Å². The Labute approximate surface area is 201 Å². The monoisotopic (exact) mass is 539 g/mol. The van der Waals surface area contributed by atoms with Gasteiger partial charge in [0, 0.05) is 6.92 Å². The normalized spacial score (nSPS) is 12.6. The molecule has 2 aromatic rings. The Bertz CT molecular complexity index is 1150. The standard InChI is InChI=1S/C22H26BrN3O6S/c1-13(2)20(26-33(29,30)17-8-6-14(3)7-9-17)22(28)25-24-12-16-10-18(23)21(32-15(4)27)19(11-16)31-5/h6-13,20,26H,1-5H3,(H,25,28)/b24-12-/t20-/m1/s1. The molecule has 0 unspecified atom stereocenters. The molecule has 0 aliphatic carbocycles. The van der Waals surface area contributed by atoms with Crippen LogP contribution in [0.15, 0.2) is 50.9 Å². The number of rotatable bonds is 9. The lowest BCUT2D eigenvalue weighted by Gasteiger charge is -2.20. The molecule has 0 aliphatic heterocycles. The van der Waals surface area contributed by atoms with Crippen LogP contribution in [-0.2, 0) is 19.6 Å². The van der Waals surface area contributed by atoms with Crippen LogP contribution in [0.2, 0.25) is 0 Å². The number of carbonyl (C=O) groups is 2. The van der Waals surface area contributed by atoms with Crippen LogP contribution in [-0.4, -0.2) is 39.7 Å². The predicted molar refractivity (Wildman–Crippen MR) is 128 cm³/mol. The fourth-order valence-electron chi connectivity index (χ4n) is 2.74. The van der Waals surface area contributed by atoms with Gasteiger partial charge in [-0.05, 0) is 58.6 Å². The smallest absolute Gasteiger partial charge is 0.308 e. The summed E-state index contributed by atoms with van der Waals surface area (Å²) in [6, 6.07) is 8.48. The van der Waals surface area contributed by atoms with E-state index < -0.39 is 27.9 Å². The zero-order valence-corrected chi connectivity index (χ0v) is 21.3. The molecule has 178 valence electrons. The number of carbonyl (C=O) groups excluding carboxylic acids is 2. The number of methoxy groups -OCH3 is 1. The van der Waals surface area contributed by atoms with Crippen LogP contribution in [0.25, 0.3) is 0 Å². The lowest BCUT2D eigenvalue weighted by molar-refractivity contribution is -0.132. The maximum Gasteiger partial charge on any atom is 0.308 e. The van der Waals surface area contributed by atoms with Crippen molar-refractivity contribution in [3.05, 3.63) is 52.0 Å². The number of nitrogens with zero attached hydrogens (tertiary/aromatic N) is 1. The second-order valence-electron chi connectivity index (χ2n) is 7.52. The fraction of sp³-hybridized carbons (Fsp3) is 0.318. The minimum absolute atomic E-state index is 0.0693. The van der Waals surface area contributed by atoms with Gasteiger partial charge in [0.2, 0.25) is 10.0 Å². The maximum absolute atomic E-state index is 12.7. The highest BCUT2D eigenvalue weighted by Gasteiger charge is 2.28. The molecule has 2 rings (SSSR count). The van der Waals surface area contributed by atoms with Gasteiger partial charge in [-0.1, -0.05) is 31.5 Å². The van der Waals surface area contributed by atoms with Crippen molar-refractivity contribution in [2.45, 2.75) is 38.6 Å². The van der Waals surface area contributed by atoms with Gasteiger partial charge < -0.3 is 9.47 Å². The summed E-state index contributed by atoms with van der Waals surface area (Å²) >= 11 is 3.31. The lowest BCUT2D eigenvalue weighted by Crippen LogP contribution is -2.48. The zero-order chi connectivity index (χ0) is 24.8. The molecule has 0 aromatic heterocycles. The van der Waals surface area contributed by atoms with Crippen molar-refractivity contribution in [1.82, 2.24) is 10.1 Å². The summed E-state index contributed by atoms with van der Waals surface area (Å²) in [7, 11) is -2.48. The van der Waals surface area contributed by atoms with E-state index >= 15 is 0 Å². The molecular weight excluding hydrogens is 514 g/mol. The summed E-state index contributed by atoms with van der Waals surface area (Å²) in [6.45, 7) is 6.57. The van der Waals surface area contributed by atoms with Gasteiger partial charge in [0.1, 0.15) is 6.04 Å². The Hall–Kier alpha value is -2.76. The summed E-state index contributed by atoms with van der Waals surface area (Å²) in [6.07, 6.45) is 1.36. The number of benzene rings is 2. The average molecular weight is 540 g/mol. The van der Waals surface area contributed by atoms with Crippen molar-refractivity contribution >= 4 is 44.0 Å².